The van der Waals surface area contributed by atoms with Gasteiger partial charge in [-0.3, -0.25) is 4.79 Å². The lowest BCUT2D eigenvalue weighted by molar-refractivity contribution is -0.0416. The minimum atomic E-state index is -0.636. The first kappa shape index (κ1) is 12.2. The predicted molar refractivity (Wildman–Crippen MR) is 62.8 cm³/mol. The topological polar surface area (TPSA) is 57.0 Å². The van der Waals surface area contributed by atoms with Gasteiger partial charge in [-0.15, -0.1) is 5.10 Å². The normalized spacial score (nSPS) is 19.2. The maximum atomic E-state index is 12.6. The lowest BCUT2D eigenvalue weighted by Gasteiger charge is -2.35. The van der Waals surface area contributed by atoms with E-state index in [1.165, 1.54) is 17.3 Å². The summed E-state index contributed by atoms with van der Waals surface area (Å²) in [6.45, 7) is 2.50. The molecule has 1 heterocycles. The first-order valence-electron chi connectivity index (χ1n) is 6.23. The zero-order valence-corrected chi connectivity index (χ0v) is 10.5. The molecule has 1 fully saturated rings. The molecule has 0 radical (unpaired) electrons. The quantitative estimate of drug-likeness (QED) is 0.748. The Morgan fingerprint density at radius 1 is 1.47 bits per heavy atom. The number of hydrogen-bond acceptors (Lipinski definition) is 4. The summed E-state index contributed by atoms with van der Waals surface area (Å²) in [6, 6.07) is 0. The van der Waals surface area contributed by atoms with E-state index in [2.05, 4.69) is 10.3 Å². The summed E-state index contributed by atoms with van der Waals surface area (Å²) < 4.78 is 7.32. The average Bonchev–Trinajstić information content (AvgIpc) is 2.76. The first-order chi connectivity index (χ1) is 8.19. The van der Waals surface area contributed by atoms with E-state index in [4.69, 9.17) is 4.74 Å². The van der Waals surface area contributed by atoms with Crippen LogP contribution in [0.3, 0.4) is 0 Å². The Kier molecular flexibility index (Phi) is 3.57. The van der Waals surface area contributed by atoms with Crippen LogP contribution in [0.15, 0.2) is 6.20 Å². The van der Waals surface area contributed by atoms with E-state index >= 15 is 0 Å². The van der Waals surface area contributed by atoms with Crippen LogP contribution >= 0.6 is 0 Å². The van der Waals surface area contributed by atoms with Gasteiger partial charge in [-0.1, -0.05) is 24.5 Å². The van der Waals surface area contributed by atoms with Crippen LogP contribution in [0, 0.1) is 0 Å². The molecule has 94 valence electrons. The molecular weight excluding hydrogens is 218 g/mol. The highest BCUT2D eigenvalue weighted by Gasteiger charge is 2.41. The largest absolute Gasteiger partial charge is 0.367 e. The molecule has 1 aromatic rings. The minimum absolute atomic E-state index is 0.0338. The van der Waals surface area contributed by atoms with Crippen molar-refractivity contribution in [2.24, 2.45) is 7.05 Å². The van der Waals surface area contributed by atoms with Crippen molar-refractivity contribution in [2.45, 2.75) is 44.6 Å². The van der Waals surface area contributed by atoms with E-state index in [9.17, 15) is 4.79 Å². The lowest BCUT2D eigenvalue weighted by Crippen LogP contribution is -2.44. The third-order valence-electron chi connectivity index (χ3n) is 3.44. The summed E-state index contributed by atoms with van der Waals surface area (Å²) in [5, 5.41) is 7.58. The van der Waals surface area contributed by atoms with Gasteiger partial charge in [0, 0.05) is 13.7 Å². The van der Waals surface area contributed by atoms with Gasteiger partial charge in [0.25, 0.3) is 0 Å². The summed E-state index contributed by atoms with van der Waals surface area (Å²) in [7, 11) is 1.74. The van der Waals surface area contributed by atoms with Crippen LogP contribution in [0.25, 0.3) is 0 Å². The number of Topliss-reactive ketones (excluding diaryl/α,β-unsaturated/α-hetero) is 1. The van der Waals surface area contributed by atoms with E-state index in [-0.39, 0.29) is 5.78 Å². The summed E-state index contributed by atoms with van der Waals surface area (Å²) in [4.78, 5) is 12.6. The fourth-order valence-corrected chi connectivity index (χ4v) is 2.56. The third kappa shape index (κ3) is 2.24. The standard InChI is InChI=1S/C12H19N3O2/c1-3-17-12(7-5-4-6-8-12)11(16)10-9-13-14-15(10)2/h9H,3-8H2,1-2H3. The van der Waals surface area contributed by atoms with Crippen LogP contribution in [0.5, 0.6) is 0 Å². The molecule has 0 unspecified atom stereocenters. The van der Waals surface area contributed by atoms with Gasteiger partial charge >= 0.3 is 0 Å². The monoisotopic (exact) mass is 237 g/mol. The van der Waals surface area contributed by atoms with Gasteiger partial charge in [-0.05, 0) is 19.8 Å². The van der Waals surface area contributed by atoms with E-state index in [0.717, 1.165) is 25.7 Å². The van der Waals surface area contributed by atoms with Crippen molar-refractivity contribution >= 4 is 5.78 Å². The number of aryl methyl sites for hydroxylation is 1. The molecule has 1 aliphatic rings. The maximum absolute atomic E-state index is 12.6. The Morgan fingerprint density at radius 2 is 2.18 bits per heavy atom. The van der Waals surface area contributed by atoms with Crippen LogP contribution in [-0.4, -0.2) is 33.0 Å². The van der Waals surface area contributed by atoms with E-state index in [1.54, 1.807) is 7.05 Å². The summed E-state index contributed by atoms with van der Waals surface area (Å²) in [6.07, 6.45) is 6.44. The Morgan fingerprint density at radius 3 is 2.71 bits per heavy atom. The van der Waals surface area contributed by atoms with Gasteiger partial charge in [0.1, 0.15) is 11.3 Å². The van der Waals surface area contributed by atoms with Gasteiger partial charge in [0.2, 0.25) is 5.78 Å². The fraction of sp³-hybridized carbons (Fsp3) is 0.750. The number of carbonyl (C=O) groups excluding carboxylic acids is 1. The molecule has 0 aliphatic heterocycles. The van der Waals surface area contributed by atoms with Gasteiger partial charge in [-0.2, -0.15) is 0 Å². The molecule has 0 atom stereocenters. The molecule has 5 nitrogen and oxygen atoms in total. The van der Waals surface area contributed by atoms with E-state index in [1.807, 2.05) is 6.92 Å². The number of ether oxygens (including phenoxy) is 1. The second kappa shape index (κ2) is 4.96. The Hall–Kier alpha value is -1.23. The van der Waals surface area contributed by atoms with Crippen LogP contribution in [-0.2, 0) is 11.8 Å². The van der Waals surface area contributed by atoms with Crippen molar-refractivity contribution in [3.8, 4) is 0 Å². The first-order valence-corrected chi connectivity index (χ1v) is 6.23. The molecule has 5 heteroatoms. The molecule has 2 rings (SSSR count). The van der Waals surface area contributed by atoms with Crippen LogP contribution in [0.2, 0.25) is 0 Å². The number of hydrogen-bond donors (Lipinski definition) is 0. The van der Waals surface area contributed by atoms with Crippen LogP contribution in [0.1, 0.15) is 49.5 Å². The van der Waals surface area contributed by atoms with Gasteiger partial charge in [0.05, 0.1) is 6.20 Å². The molecule has 0 N–H and O–H groups in total. The molecular formula is C12H19N3O2. The zero-order valence-electron chi connectivity index (χ0n) is 10.5. The highest BCUT2D eigenvalue weighted by molar-refractivity contribution is 6.01. The van der Waals surface area contributed by atoms with Crippen molar-refractivity contribution in [1.29, 1.82) is 0 Å². The van der Waals surface area contributed by atoms with Crippen molar-refractivity contribution in [2.75, 3.05) is 6.61 Å². The van der Waals surface area contributed by atoms with Crippen molar-refractivity contribution in [3.05, 3.63) is 11.9 Å². The molecule has 0 saturated heterocycles. The van der Waals surface area contributed by atoms with E-state index < -0.39 is 5.60 Å². The molecule has 0 aromatic carbocycles. The highest BCUT2D eigenvalue weighted by atomic mass is 16.5. The number of rotatable bonds is 4. The van der Waals surface area contributed by atoms with Gasteiger partial charge in [0.15, 0.2) is 0 Å². The minimum Gasteiger partial charge on any atom is -0.367 e. The Balaban J connectivity index is 2.27. The average molecular weight is 237 g/mol. The molecule has 0 amide bonds. The number of carbonyl (C=O) groups is 1. The number of ketones is 1. The number of nitrogens with zero attached hydrogens (tertiary/aromatic N) is 3. The summed E-state index contributed by atoms with van der Waals surface area (Å²) >= 11 is 0. The zero-order chi connectivity index (χ0) is 12.3. The van der Waals surface area contributed by atoms with E-state index in [0.29, 0.717) is 12.3 Å². The van der Waals surface area contributed by atoms with Gasteiger partial charge in [-0.25, -0.2) is 4.68 Å². The van der Waals surface area contributed by atoms with Crippen molar-refractivity contribution in [1.82, 2.24) is 15.0 Å². The fourth-order valence-electron chi connectivity index (χ4n) is 2.56. The van der Waals surface area contributed by atoms with Crippen molar-refractivity contribution in [3.63, 3.8) is 0 Å². The molecule has 1 aliphatic carbocycles. The molecule has 0 bridgehead atoms. The second-order valence-corrected chi connectivity index (χ2v) is 4.56. The predicted octanol–water partition coefficient (Wildman–Crippen LogP) is 1.74. The summed E-state index contributed by atoms with van der Waals surface area (Å²) in [5.41, 5.74) is -0.0944. The highest BCUT2D eigenvalue weighted by Crippen LogP contribution is 2.34. The second-order valence-electron chi connectivity index (χ2n) is 4.56. The van der Waals surface area contributed by atoms with Crippen molar-refractivity contribution < 1.29 is 9.53 Å². The maximum Gasteiger partial charge on any atom is 0.214 e. The SMILES string of the molecule is CCOC1(C(=O)c2cnnn2C)CCCCC1. The molecule has 1 saturated carbocycles. The number of aromatic nitrogens is 3. The van der Waals surface area contributed by atoms with Crippen LogP contribution in [0.4, 0.5) is 0 Å². The lowest BCUT2D eigenvalue weighted by atomic mass is 9.80. The molecule has 17 heavy (non-hydrogen) atoms. The Bertz CT molecular complexity index is 389. The Labute approximate surface area is 101 Å². The third-order valence-corrected chi connectivity index (χ3v) is 3.44. The smallest absolute Gasteiger partial charge is 0.214 e. The molecule has 0 spiro atoms. The van der Waals surface area contributed by atoms with Crippen LogP contribution < -0.4 is 0 Å². The van der Waals surface area contributed by atoms with Gasteiger partial charge < -0.3 is 4.74 Å². The summed E-state index contributed by atoms with van der Waals surface area (Å²) in [5.74, 6) is 0.0338. The molecule has 1 aromatic heterocycles.